The van der Waals surface area contributed by atoms with Crippen LogP contribution < -0.4 is 0 Å². The molecular weight excluding hydrogens is 221 g/mol. The lowest BCUT2D eigenvalue weighted by Gasteiger charge is -2.31. The summed E-state index contributed by atoms with van der Waals surface area (Å²) >= 11 is 0. The Morgan fingerprint density at radius 2 is 2.20 bits per heavy atom. The smallest absolute Gasteiger partial charge is 0.395 e. The molecule has 1 fully saturated rings. The van der Waals surface area contributed by atoms with E-state index in [9.17, 15) is 4.57 Å². The van der Waals surface area contributed by atoms with Crippen molar-refractivity contribution >= 4 is 7.82 Å². The summed E-state index contributed by atoms with van der Waals surface area (Å²) in [7, 11) is -4.34. The molecule has 0 amide bonds. The zero-order valence-electron chi connectivity index (χ0n) is 8.58. The molecule has 0 saturated carbocycles. The van der Waals surface area contributed by atoms with Gasteiger partial charge in [0.2, 0.25) is 0 Å². The lowest BCUT2D eigenvalue weighted by atomic mass is 9.99. The highest BCUT2D eigenvalue weighted by molar-refractivity contribution is 7.46. The average Bonchev–Trinajstić information content (AvgIpc) is 2.15. The number of β-amino-alcohol motifs (C(OH)–C–C–N with tert-alkyl or cyclic N) is 1. The highest BCUT2D eigenvalue weighted by Crippen LogP contribution is 2.37. The largest absolute Gasteiger partial charge is 0.469 e. The van der Waals surface area contributed by atoms with Crippen LogP contribution in [0.2, 0.25) is 0 Å². The summed E-state index contributed by atoms with van der Waals surface area (Å²) in [5, 5.41) is 8.77. The normalized spacial score (nSPS) is 24.3. The maximum Gasteiger partial charge on any atom is 0.469 e. The van der Waals surface area contributed by atoms with Gasteiger partial charge in [-0.1, -0.05) is 0 Å². The molecule has 0 aromatic rings. The van der Waals surface area contributed by atoms with E-state index in [4.69, 9.17) is 14.9 Å². The van der Waals surface area contributed by atoms with Gasteiger partial charge >= 0.3 is 7.82 Å². The number of aliphatic hydroxyl groups excluding tert-OH is 1. The Kier molecular flexibility index (Phi) is 5.18. The van der Waals surface area contributed by atoms with E-state index in [2.05, 4.69) is 9.42 Å². The Balaban J connectivity index is 2.27. The van der Waals surface area contributed by atoms with Gasteiger partial charge in [-0.25, -0.2) is 4.57 Å². The first-order valence-electron chi connectivity index (χ1n) is 5.04. The van der Waals surface area contributed by atoms with Crippen LogP contribution in [0.3, 0.4) is 0 Å². The molecule has 0 spiro atoms. The summed E-state index contributed by atoms with van der Waals surface area (Å²) in [4.78, 5) is 19.2. The van der Waals surface area contributed by atoms with Crippen LogP contribution >= 0.6 is 7.82 Å². The van der Waals surface area contributed by atoms with Crippen LogP contribution in [0.4, 0.5) is 0 Å². The Bertz CT molecular complexity index is 229. The van der Waals surface area contributed by atoms with Gasteiger partial charge in [0.05, 0.1) is 13.2 Å². The number of hydrogen-bond acceptors (Lipinski definition) is 4. The van der Waals surface area contributed by atoms with Crippen molar-refractivity contribution in [2.75, 3.05) is 32.8 Å². The summed E-state index contributed by atoms with van der Waals surface area (Å²) in [5.41, 5.74) is 0. The van der Waals surface area contributed by atoms with Gasteiger partial charge in [-0.3, -0.25) is 4.52 Å². The second-order valence-electron chi connectivity index (χ2n) is 3.82. The Morgan fingerprint density at radius 1 is 1.47 bits per heavy atom. The third-order valence-electron chi connectivity index (χ3n) is 2.50. The topological polar surface area (TPSA) is 90.2 Å². The molecule has 1 unspecified atom stereocenters. The number of phosphoric ester groups is 1. The SMILES string of the molecule is O=P(O)(O)OCC1CCCN(CCO)C1. The molecule has 1 aliphatic rings. The number of rotatable bonds is 5. The minimum Gasteiger partial charge on any atom is -0.395 e. The number of phosphoric acid groups is 1. The summed E-state index contributed by atoms with van der Waals surface area (Å²) in [5.74, 6) is 0.151. The van der Waals surface area contributed by atoms with Crippen LogP contribution in [0, 0.1) is 5.92 Å². The minimum absolute atomic E-state index is 0.0895. The van der Waals surface area contributed by atoms with Crippen molar-refractivity contribution in [2.24, 2.45) is 5.92 Å². The van der Waals surface area contributed by atoms with Crippen molar-refractivity contribution in [1.29, 1.82) is 0 Å². The first-order valence-corrected chi connectivity index (χ1v) is 6.57. The molecule has 0 bridgehead atoms. The zero-order valence-corrected chi connectivity index (χ0v) is 9.47. The molecule has 0 radical (unpaired) electrons. The number of nitrogens with zero attached hydrogens (tertiary/aromatic N) is 1. The monoisotopic (exact) mass is 239 g/mol. The molecule has 7 heteroatoms. The van der Waals surface area contributed by atoms with Crippen LogP contribution in [0.5, 0.6) is 0 Å². The molecule has 1 heterocycles. The number of piperidine rings is 1. The molecule has 6 nitrogen and oxygen atoms in total. The molecule has 90 valence electrons. The molecule has 3 N–H and O–H groups in total. The summed E-state index contributed by atoms with van der Waals surface area (Å²) in [6.45, 7) is 2.50. The number of hydrogen-bond donors (Lipinski definition) is 3. The van der Waals surface area contributed by atoms with E-state index >= 15 is 0 Å². The van der Waals surface area contributed by atoms with E-state index in [1.807, 2.05) is 0 Å². The van der Waals surface area contributed by atoms with E-state index in [0.717, 1.165) is 25.9 Å². The lowest BCUT2D eigenvalue weighted by Crippen LogP contribution is -2.38. The minimum atomic E-state index is -4.34. The standard InChI is InChI=1S/C8H18NO5P/c10-5-4-9-3-1-2-8(6-9)7-14-15(11,12)13/h8,10H,1-7H2,(H2,11,12,13). The Hall–Kier alpha value is 0.0300. The first kappa shape index (κ1) is 13.1. The zero-order chi connectivity index (χ0) is 11.3. The molecule has 0 aromatic carbocycles. The molecule has 0 aromatic heterocycles. The Morgan fingerprint density at radius 3 is 2.80 bits per heavy atom. The van der Waals surface area contributed by atoms with E-state index in [0.29, 0.717) is 6.54 Å². The fourth-order valence-electron chi connectivity index (χ4n) is 1.83. The summed E-state index contributed by atoms with van der Waals surface area (Å²) in [6, 6.07) is 0. The van der Waals surface area contributed by atoms with Gasteiger partial charge in [0.25, 0.3) is 0 Å². The fraction of sp³-hybridized carbons (Fsp3) is 1.00. The van der Waals surface area contributed by atoms with Crippen LogP contribution in [-0.2, 0) is 9.09 Å². The third-order valence-corrected chi connectivity index (χ3v) is 2.98. The quantitative estimate of drug-likeness (QED) is 0.576. The van der Waals surface area contributed by atoms with Gasteiger partial charge in [0, 0.05) is 13.1 Å². The maximum atomic E-state index is 10.5. The first-order chi connectivity index (χ1) is 7.01. The number of likely N-dealkylation sites (tertiary alicyclic amines) is 1. The average molecular weight is 239 g/mol. The van der Waals surface area contributed by atoms with Gasteiger partial charge in [-0.15, -0.1) is 0 Å². The Labute approximate surface area is 89.1 Å². The molecule has 0 aliphatic carbocycles. The summed E-state index contributed by atoms with van der Waals surface area (Å²) < 4.78 is 15.0. The van der Waals surface area contributed by atoms with Crippen molar-refractivity contribution < 1.29 is 24.0 Å². The summed E-state index contributed by atoms with van der Waals surface area (Å²) in [6.07, 6.45) is 1.90. The van der Waals surface area contributed by atoms with E-state index in [1.54, 1.807) is 0 Å². The van der Waals surface area contributed by atoms with Crippen LogP contribution in [0.15, 0.2) is 0 Å². The third kappa shape index (κ3) is 5.61. The molecule has 15 heavy (non-hydrogen) atoms. The second-order valence-corrected chi connectivity index (χ2v) is 5.06. The van der Waals surface area contributed by atoms with Crippen molar-refractivity contribution in [2.45, 2.75) is 12.8 Å². The van der Waals surface area contributed by atoms with E-state index < -0.39 is 7.82 Å². The molecule has 1 saturated heterocycles. The fourth-order valence-corrected chi connectivity index (χ4v) is 2.24. The molecule has 1 rings (SSSR count). The van der Waals surface area contributed by atoms with Crippen molar-refractivity contribution in [3.05, 3.63) is 0 Å². The number of aliphatic hydroxyl groups is 1. The van der Waals surface area contributed by atoms with Crippen LogP contribution in [-0.4, -0.2) is 52.6 Å². The predicted molar refractivity (Wildman–Crippen MR) is 54.2 cm³/mol. The van der Waals surface area contributed by atoms with E-state index in [1.165, 1.54) is 0 Å². The second kappa shape index (κ2) is 5.94. The van der Waals surface area contributed by atoms with Gasteiger partial charge in [-0.05, 0) is 25.3 Å². The maximum absolute atomic E-state index is 10.5. The van der Waals surface area contributed by atoms with Gasteiger partial charge < -0.3 is 19.8 Å². The highest BCUT2D eigenvalue weighted by atomic mass is 31.2. The van der Waals surface area contributed by atoms with Gasteiger partial charge in [-0.2, -0.15) is 0 Å². The van der Waals surface area contributed by atoms with Crippen LogP contribution in [0.1, 0.15) is 12.8 Å². The predicted octanol–water partition coefficient (Wildman–Crippen LogP) is -0.200. The molecule has 1 aliphatic heterocycles. The van der Waals surface area contributed by atoms with Crippen molar-refractivity contribution in [3.8, 4) is 0 Å². The molecular formula is C8H18NO5P. The van der Waals surface area contributed by atoms with Gasteiger partial charge in [0.15, 0.2) is 0 Å². The van der Waals surface area contributed by atoms with Gasteiger partial charge in [0.1, 0.15) is 0 Å². The van der Waals surface area contributed by atoms with E-state index in [-0.39, 0.29) is 19.1 Å². The van der Waals surface area contributed by atoms with Crippen LogP contribution in [0.25, 0.3) is 0 Å². The lowest BCUT2D eigenvalue weighted by molar-refractivity contribution is 0.0959. The highest BCUT2D eigenvalue weighted by Gasteiger charge is 2.23. The molecule has 1 atom stereocenters. The van der Waals surface area contributed by atoms with Crippen molar-refractivity contribution in [1.82, 2.24) is 4.90 Å². The van der Waals surface area contributed by atoms with Crippen molar-refractivity contribution in [3.63, 3.8) is 0 Å².